The molecule has 26 heavy (non-hydrogen) atoms. The fourth-order valence-corrected chi connectivity index (χ4v) is 2.79. The maximum absolute atomic E-state index is 12.5. The molecule has 6 nitrogen and oxygen atoms in total. The molecule has 0 aliphatic carbocycles. The third-order valence-electron chi connectivity index (χ3n) is 4.15. The Morgan fingerprint density at radius 2 is 1.92 bits per heavy atom. The quantitative estimate of drug-likeness (QED) is 0.681. The van der Waals surface area contributed by atoms with Crippen molar-refractivity contribution >= 4 is 5.91 Å². The molecule has 136 valence electrons. The highest BCUT2D eigenvalue weighted by Crippen LogP contribution is 2.24. The number of para-hydroxylation sites is 1. The van der Waals surface area contributed by atoms with E-state index in [-0.39, 0.29) is 12.5 Å². The largest absolute Gasteiger partial charge is 0.485 e. The molecule has 3 rings (SSSR count). The normalized spacial score (nSPS) is 10.8. The lowest BCUT2D eigenvalue weighted by Gasteiger charge is -2.14. The van der Waals surface area contributed by atoms with Crippen LogP contribution in [0.2, 0.25) is 0 Å². The summed E-state index contributed by atoms with van der Waals surface area (Å²) >= 11 is 0. The Hall–Kier alpha value is -3.02. The molecule has 0 atom stereocenters. The number of hydrogen-bond donors (Lipinski definition) is 0. The average molecular weight is 353 g/mol. The fourth-order valence-electron chi connectivity index (χ4n) is 2.79. The van der Waals surface area contributed by atoms with Crippen LogP contribution in [0.3, 0.4) is 0 Å². The number of furan rings is 1. The molecule has 0 bridgehead atoms. The molecule has 0 spiro atoms. The highest BCUT2D eigenvalue weighted by Gasteiger charge is 2.17. The molecule has 0 aliphatic heterocycles. The number of carbonyl (C=O) groups is 1. The van der Waals surface area contributed by atoms with Crippen LogP contribution in [-0.2, 0) is 20.2 Å². The van der Waals surface area contributed by atoms with E-state index in [1.165, 1.54) is 0 Å². The van der Waals surface area contributed by atoms with E-state index in [1.807, 2.05) is 51.4 Å². The molecule has 2 aromatic heterocycles. The molecule has 3 aromatic rings. The van der Waals surface area contributed by atoms with E-state index in [9.17, 15) is 4.79 Å². The number of amides is 1. The molecular formula is C20H23N3O3. The van der Waals surface area contributed by atoms with Crippen molar-refractivity contribution < 1.29 is 13.9 Å². The van der Waals surface area contributed by atoms with Crippen molar-refractivity contribution in [3.8, 4) is 5.75 Å². The van der Waals surface area contributed by atoms with Gasteiger partial charge < -0.3 is 14.1 Å². The van der Waals surface area contributed by atoms with Crippen molar-refractivity contribution in [2.24, 2.45) is 7.05 Å². The maximum Gasteiger partial charge on any atom is 0.289 e. The van der Waals surface area contributed by atoms with Gasteiger partial charge in [0.25, 0.3) is 5.91 Å². The van der Waals surface area contributed by atoms with E-state index < -0.39 is 0 Å². The number of hydrogen-bond acceptors (Lipinski definition) is 4. The van der Waals surface area contributed by atoms with Gasteiger partial charge in [-0.1, -0.05) is 18.2 Å². The van der Waals surface area contributed by atoms with E-state index in [0.717, 1.165) is 22.6 Å². The molecule has 0 aliphatic rings. The predicted octanol–water partition coefficient (Wildman–Crippen LogP) is 3.48. The molecule has 0 radical (unpaired) electrons. The third-order valence-corrected chi connectivity index (χ3v) is 4.15. The Morgan fingerprint density at radius 3 is 2.58 bits per heavy atom. The summed E-state index contributed by atoms with van der Waals surface area (Å²) in [5, 5.41) is 4.28. The lowest BCUT2D eigenvalue weighted by Crippen LogP contribution is -2.26. The van der Waals surface area contributed by atoms with Gasteiger partial charge in [0.05, 0.1) is 12.2 Å². The van der Waals surface area contributed by atoms with Gasteiger partial charge in [-0.3, -0.25) is 9.48 Å². The van der Waals surface area contributed by atoms with Gasteiger partial charge in [0.15, 0.2) is 5.76 Å². The summed E-state index contributed by atoms with van der Waals surface area (Å²) < 4.78 is 13.3. The summed E-state index contributed by atoms with van der Waals surface area (Å²) in [5.74, 6) is 1.57. The molecule has 0 fully saturated rings. The molecule has 0 N–H and O–H groups in total. The number of aromatic nitrogens is 2. The van der Waals surface area contributed by atoms with E-state index >= 15 is 0 Å². The monoisotopic (exact) mass is 353 g/mol. The van der Waals surface area contributed by atoms with Crippen LogP contribution in [0.15, 0.2) is 47.0 Å². The van der Waals surface area contributed by atoms with Gasteiger partial charge in [0.1, 0.15) is 18.1 Å². The second kappa shape index (κ2) is 7.47. The van der Waals surface area contributed by atoms with E-state index in [1.54, 1.807) is 28.8 Å². The Morgan fingerprint density at radius 1 is 1.19 bits per heavy atom. The summed E-state index contributed by atoms with van der Waals surface area (Å²) in [6, 6.07) is 11.3. The number of rotatable bonds is 6. The van der Waals surface area contributed by atoms with Crippen molar-refractivity contribution in [1.29, 1.82) is 0 Å². The minimum atomic E-state index is -0.186. The van der Waals surface area contributed by atoms with Gasteiger partial charge in [0, 0.05) is 20.3 Å². The number of aryl methyl sites for hydroxylation is 3. The predicted molar refractivity (Wildman–Crippen MR) is 98.0 cm³/mol. The van der Waals surface area contributed by atoms with Gasteiger partial charge in [0.2, 0.25) is 0 Å². The summed E-state index contributed by atoms with van der Waals surface area (Å²) in [6.45, 7) is 4.72. The van der Waals surface area contributed by atoms with Crippen molar-refractivity contribution in [1.82, 2.24) is 14.7 Å². The van der Waals surface area contributed by atoms with Gasteiger partial charge in [-0.05, 0) is 43.2 Å². The highest BCUT2D eigenvalue weighted by atomic mass is 16.5. The average Bonchev–Trinajstić information content (AvgIpc) is 3.23. The molecule has 6 heteroatoms. The molecule has 2 heterocycles. The first kappa shape index (κ1) is 17.8. The minimum absolute atomic E-state index is 0.186. The summed E-state index contributed by atoms with van der Waals surface area (Å²) in [7, 11) is 3.58. The SMILES string of the molecule is Cc1cccc(C)c1OCc1ccc(C(=O)N(C)Cc2ccn(C)n2)o1. The number of benzene rings is 1. The van der Waals surface area contributed by atoms with Crippen LogP contribution in [0.4, 0.5) is 0 Å². The van der Waals surface area contributed by atoms with Gasteiger partial charge in [-0.25, -0.2) is 0 Å². The van der Waals surface area contributed by atoms with Gasteiger partial charge in [-0.2, -0.15) is 5.10 Å². The fraction of sp³-hybridized carbons (Fsp3) is 0.300. The van der Waals surface area contributed by atoms with Crippen LogP contribution in [-0.4, -0.2) is 27.6 Å². The summed E-state index contributed by atoms with van der Waals surface area (Å²) in [6.07, 6.45) is 1.85. The third kappa shape index (κ3) is 3.96. The molecule has 1 amide bonds. The van der Waals surface area contributed by atoms with Crippen molar-refractivity contribution in [2.45, 2.75) is 27.0 Å². The van der Waals surface area contributed by atoms with Crippen LogP contribution < -0.4 is 4.74 Å². The number of ether oxygens (including phenoxy) is 1. The number of carbonyl (C=O) groups excluding carboxylic acids is 1. The Labute approximate surface area is 153 Å². The zero-order valence-electron chi connectivity index (χ0n) is 15.5. The molecule has 0 saturated heterocycles. The Bertz CT molecular complexity index is 890. The van der Waals surface area contributed by atoms with Crippen LogP contribution in [0.5, 0.6) is 5.75 Å². The lowest BCUT2D eigenvalue weighted by molar-refractivity contribution is 0.0747. The second-order valence-corrected chi connectivity index (χ2v) is 6.42. The maximum atomic E-state index is 12.5. The second-order valence-electron chi connectivity index (χ2n) is 6.42. The summed E-state index contributed by atoms with van der Waals surface area (Å²) in [4.78, 5) is 14.1. The molecule has 1 aromatic carbocycles. The minimum Gasteiger partial charge on any atom is -0.485 e. The first-order valence-corrected chi connectivity index (χ1v) is 8.46. The van der Waals surface area contributed by atoms with E-state index in [0.29, 0.717) is 18.1 Å². The zero-order valence-corrected chi connectivity index (χ0v) is 15.5. The first-order valence-electron chi connectivity index (χ1n) is 8.46. The van der Waals surface area contributed by atoms with Crippen LogP contribution in [0.1, 0.15) is 33.1 Å². The van der Waals surface area contributed by atoms with Crippen LogP contribution in [0.25, 0.3) is 0 Å². The van der Waals surface area contributed by atoms with Crippen LogP contribution >= 0.6 is 0 Å². The first-order chi connectivity index (χ1) is 12.4. The highest BCUT2D eigenvalue weighted by molar-refractivity contribution is 5.91. The Kier molecular flexibility index (Phi) is 5.11. The van der Waals surface area contributed by atoms with Crippen molar-refractivity contribution in [2.75, 3.05) is 7.05 Å². The molecular weight excluding hydrogens is 330 g/mol. The van der Waals surface area contributed by atoms with Crippen molar-refractivity contribution in [3.05, 3.63) is 70.9 Å². The number of nitrogens with zero attached hydrogens (tertiary/aromatic N) is 3. The van der Waals surface area contributed by atoms with Gasteiger partial charge >= 0.3 is 0 Å². The standard InChI is InChI=1S/C20H23N3O3/c1-14-6-5-7-15(2)19(14)25-13-17-8-9-18(26-17)20(24)22(3)12-16-10-11-23(4)21-16/h5-11H,12-13H2,1-4H3. The lowest BCUT2D eigenvalue weighted by atomic mass is 10.1. The smallest absolute Gasteiger partial charge is 0.289 e. The van der Waals surface area contributed by atoms with Gasteiger partial charge in [-0.15, -0.1) is 0 Å². The van der Waals surface area contributed by atoms with E-state index in [2.05, 4.69) is 5.10 Å². The van der Waals surface area contributed by atoms with Crippen LogP contribution in [0, 0.1) is 13.8 Å². The topological polar surface area (TPSA) is 60.5 Å². The zero-order chi connectivity index (χ0) is 18.7. The Balaban J connectivity index is 1.62. The summed E-state index contributed by atoms with van der Waals surface area (Å²) in [5.41, 5.74) is 2.97. The molecule has 0 unspecified atom stereocenters. The molecule has 0 saturated carbocycles. The van der Waals surface area contributed by atoms with Crippen molar-refractivity contribution in [3.63, 3.8) is 0 Å². The van der Waals surface area contributed by atoms with E-state index in [4.69, 9.17) is 9.15 Å².